The van der Waals surface area contributed by atoms with Crippen molar-refractivity contribution in [2.24, 2.45) is 0 Å². The van der Waals surface area contributed by atoms with Gasteiger partial charge in [-0.1, -0.05) is 35.5 Å². The van der Waals surface area contributed by atoms with E-state index in [-0.39, 0.29) is 17.3 Å². The summed E-state index contributed by atoms with van der Waals surface area (Å²) in [5, 5.41) is 3.87. The fourth-order valence-electron chi connectivity index (χ4n) is 2.21. The van der Waals surface area contributed by atoms with E-state index in [2.05, 4.69) is 14.9 Å². The molecule has 1 heterocycles. The second-order valence-corrected chi connectivity index (χ2v) is 7.03. The van der Waals surface area contributed by atoms with Crippen molar-refractivity contribution in [2.75, 3.05) is 7.11 Å². The molecule has 0 radical (unpaired) electrons. The molecule has 0 amide bonds. The van der Waals surface area contributed by atoms with E-state index >= 15 is 0 Å². The van der Waals surface area contributed by atoms with Crippen LogP contribution in [0.1, 0.15) is 17.3 Å². The highest BCUT2D eigenvalue weighted by atomic mass is 32.2. The third-order valence-corrected chi connectivity index (χ3v) is 4.92. The van der Waals surface area contributed by atoms with Crippen LogP contribution >= 0.6 is 0 Å². The average molecular weight is 359 g/mol. The van der Waals surface area contributed by atoms with Crippen LogP contribution in [0.5, 0.6) is 5.75 Å². The van der Waals surface area contributed by atoms with Gasteiger partial charge in [-0.05, 0) is 29.8 Å². The molecular formula is C17H17N3O4S. The highest BCUT2D eigenvalue weighted by Crippen LogP contribution is 2.15. The van der Waals surface area contributed by atoms with Gasteiger partial charge in [0.2, 0.25) is 15.9 Å². The third-order valence-electron chi connectivity index (χ3n) is 3.50. The standard InChI is InChI=1S/C17H17N3O4S/c1-23-14-7-9-15(10-8-14)25(21,22)18-12-17-19-16(20-24-17)11-13-5-3-2-4-6-13/h2-10,18H,11-12H2,1H3. The number of aromatic nitrogens is 2. The Kier molecular flexibility index (Phi) is 5.11. The van der Waals surface area contributed by atoms with Gasteiger partial charge in [0.1, 0.15) is 5.75 Å². The summed E-state index contributed by atoms with van der Waals surface area (Å²) in [6.07, 6.45) is 0.523. The molecule has 7 nitrogen and oxygen atoms in total. The fraction of sp³-hybridized carbons (Fsp3) is 0.176. The largest absolute Gasteiger partial charge is 0.497 e. The van der Waals surface area contributed by atoms with E-state index in [9.17, 15) is 8.42 Å². The van der Waals surface area contributed by atoms with Crippen LogP contribution in [0.4, 0.5) is 0 Å². The molecule has 3 aromatic rings. The zero-order valence-corrected chi connectivity index (χ0v) is 14.4. The summed E-state index contributed by atoms with van der Waals surface area (Å²) in [7, 11) is -2.15. The predicted octanol–water partition coefficient (Wildman–Crippen LogP) is 2.15. The molecule has 2 aromatic carbocycles. The molecule has 3 rings (SSSR count). The van der Waals surface area contributed by atoms with Crippen molar-refractivity contribution in [3.8, 4) is 5.75 Å². The van der Waals surface area contributed by atoms with Gasteiger partial charge >= 0.3 is 0 Å². The van der Waals surface area contributed by atoms with Crippen molar-refractivity contribution in [3.63, 3.8) is 0 Å². The maximum Gasteiger partial charge on any atom is 0.241 e. The second-order valence-electron chi connectivity index (χ2n) is 5.27. The van der Waals surface area contributed by atoms with Gasteiger partial charge in [0.15, 0.2) is 5.82 Å². The van der Waals surface area contributed by atoms with Crippen LogP contribution in [0.3, 0.4) is 0 Å². The average Bonchev–Trinajstić information content (AvgIpc) is 3.08. The van der Waals surface area contributed by atoms with E-state index in [0.29, 0.717) is 18.0 Å². The molecule has 0 spiro atoms. The molecule has 25 heavy (non-hydrogen) atoms. The Bertz CT molecular complexity index is 922. The van der Waals surface area contributed by atoms with E-state index in [4.69, 9.17) is 9.26 Å². The smallest absolute Gasteiger partial charge is 0.241 e. The molecule has 0 aliphatic rings. The molecule has 0 fully saturated rings. The minimum atomic E-state index is -3.67. The number of nitrogens with one attached hydrogen (secondary N) is 1. The van der Waals surface area contributed by atoms with Crippen molar-refractivity contribution in [1.82, 2.24) is 14.9 Å². The molecular weight excluding hydrogens is 342 g/mol. The highest BCUT2D eigenvalue weighted by molar-refractivity contribution is 7.89. The molecule has 1 aromatic heterocycles. The predicted molar refractivity (Wildman–Crippen MR) is 90.6 cm³/mol. The summed E-state index contributed by atoms with van der Waals surface area (Å²) in [5.74, 6) is 1.30. The van der Waals surface area contributed by atoms with E-state index < -0.39 is 10.0 Å². The van der Waals surface area contributed by atoms with E-state index in [1.165, 1.54) is 19.2 Å². The lowest BCUT2D eigenvalue weighted by molar-refractivity contribution is 0.371. The van der Waals surface area contributed by atoms with Crippen LogP contribution < -0.4 is 9.46 Å². The Labute approximate surface area is 145 Å². The Balaban J connectivity index is 1.63. The first kappa shape index (κ1) is 17.1. The Hall–Kier alpha value is -2.71. The summed E-state index contributed by atoms with van der Waals surface area (Å²) in [6, 6.07) is 15.8. The maximum atomic E-state index is 12.3. The zero-order valence-electron chi connectivity index (χ0n) is 13.5. The summed E-state index contributed by atoms with van der Waals surface area (Å²) in [6.45, 7) is -0.0733. The molecule has 0 aliphatic carbocycles. The van der Waals surface area contributed by atoms with E-state index in [0.717, 1.165) is 5.56 Å². The Morgan fingerprint density at radius 2 is 1.80 bits per heavy atom. The number of rotatable bonds is 7. The molecule has 130 valence electrons. The van der Waals surface area contributed by atoms with Crippen molar-refractivity contribution >= 4 is 10.0 Å². The number of sulfonamides is 1. The molecule has 1 N–H and O–H groups in total. The summed E-state index contributed by atoms with van der Waals surface area (Å²) >= 11 is 0. The minimum Gasteiger partial charge on any atom is -0.497 e. The van der Waals surface area contributed by atoms with E-state index in [1.54, 1.807) is 12.1 Å². The Morgan fingerprint density at radius 3 is 2.48 bits per heavy atom. The monoisotopic (exact) mass is 359 g/mol. The SMILES string of the molecule is COc1ccc(S(=O)(=O)NCc2nc(Cc3ccccc3)no2)cc1. The summed E-state index contributed by atoms with van der Waals surface area (Å²) in [5.41, 5.74) is 1.05. The van der Waals surface area contributed by atoms with Crippen molar-refractivity contribution in [1.29, 1.82) is 0 Å². The third kappa shape index (κ3) is 4.43. The van der Waals surface area contributed by atoms with Gasteiger partial charge in [-0.15, -0.1) is 0 Å². The van der Waals surface area contributed by atoms with Gasteiger partial charge in [-0.25, -0.2) is 13.1 Å². The van der Waals surface area contributed by atoms with Gasteiger partial charge in [0.05, 0.1) is 18.6 Å². The lowest BCUT2D eigenvalue weighted by Gasteiger charge is -2.05. The maximum absolute atomic E-state index is 12.3. The van der Waals surface area contributed by atoms with Gasteiger partial charge in [0, 0.05) is 6.42 Å². The molecule has 0 aliphatic heterocycles. The van der Waals surface area contributed by atoms with Crippen LogP contribution in [0.25, 0.3) is 0 Å². The first-order valence-corrected chi connectivity index (χ1v) is 9.04. The number of hydrogen-bond donors (Lipinski definition) is 1. The topological polar surface area (TPSA) is 94.3 Å². The van der Waals surface area contributed by atoms with Crippen LogP contribution in [-0.4, -0.2) is 25.7 Å². The quantitative estimate of drug-likeness (QED) is 0.695. The van der Waals surface area contributed by atoms with Gasteiger partial charge in [-0.3, -0.25) is 0 Å². The van der Waals surface area contributed by atoms with E-state index in [1.807, 2.05) is 30.3 Å². The molecule has 0 saturated carbocycles. The van der Waals surface area contributed by atoms with Crippen molar-refractivity contribution in [2.45, 2.75) is 17.9 Å². The molecule has 8 heteroatoms. The molecule has 0 saturated heterocycles. The van der Waals surface area contributed by atoms with Crippen molar-refractivity contribution in [3.05, 3.63) is 71.9 Å². The van der Waals surface area contributed by atoms with Gasteiger partial charge < -0.3 is 9.26 Å². The molecule has 0 bridgehead atoms. The summed E-state index contributed by atoms with van der Waals surface area (Å²) in [4.78, 5) is 4.34. The number of hydrogen-bond acceptors (Lipinski definition) is 6. The number of methoxy groups -OCH3 is 1. The lowest BCUT2D eigenvalue weighted by atomic mass is 10.1. The minimum absolute atomic E-state index is 0.0733. The first-order valence-electron chi connectivity index (χ1n) is 7.56. The van der Waals surface area contributed by atoms with Crippen molar-refractivity contribution < 1.29 is 17.7 Å². The van der Waals surface area contributed by atoms with Crippen LogP contribution in [0.15, 0.2) is 64.0 Å². The second kappa shape index (κ2) is 7.45. The lowest BCUT2D eigenvalue weighted by Crippen LogP contribution is -2.23. The van der Waals surface area contributed by atoms with Gasteiger partial charge in [-0.2, -0.15) is 4.98 Å². The van der Waals surface area contributed by atoms with Crippen LogP contribution in [-0.2, 0) is 23.0 Å². The number of benzene rings is 2. The Morgan fingerprint density at radius 1 is 1.08 bits per heavy atom. The van der Waals surface area contributed by atoms with Crippen LogP contribution in [0, 0.1) is 0 Å². The summed E-state index contributed by atoms with van der Waals surface area (Å²) < 4.78 is 37.1. The first-order chi connectivity index (χ1) is 12.1. The zero-order chi connectivity index (χ0) is 17.7. The van der Waals surface area contributed by atoms with Gasteiger partial charge in [0.25, 0.3) is 0 Å². The molecule has 0 atom stereocenters. The van der Waals surface area contributed by atoms with Crippen LogP contribution in [0.2, 0.25) is 0 Å². The highest BCUT2D eigenvalue weighted by Gasteiger charge is 2.16. The normalized spacial score (nSPS) is 11.4. The number of ether oxygens (including phenoxy) is 1. The number of nitrogens with zero attached hydrogens (tertiary/aromatic N) is 2. The fourth-order valence-corrected chi connectivity index (χ4v) is 3.18. The molecule has 0 unspecified atom stereocenters.